The third-order valence-corrected chi connectivity index (χ3v) is 3.89. The Kier molecular flexibility index (Phi) is 3.60. The standard InChI is InChI=1S/C17H17ClN2O/c1-11-7-8-15(21-3)14(9-11)20-13-6-4-5-12(2)17(13)19-16(20)10-18/h4-9H,10H2,1-3H3. The Balaban J connectivity index is 2.39. The number of imidazole rings is 1. The third kappa shape index (κ3) is 2.28. The summed E-state index contributed by atoms with van der Waals surface area (Å²) in [4.78, 5) is 4.69. The average Bonchev–Trinajstić information content (AvgIpc) is 2.87. The molecule has 4 heteroatoms. The molecule has 0 spiro atoms. The van der Waals surface area contributed by atoms with E-state index in [1.165, 1.54) is 5.56 Å². The molecule has 0 aliphatic carbocycles. The fourth-order valence-electron chi connectivity index (χ4n) is 2.62. The molecule has 108 valence electrons. The molecule has 0 fully saturated rings. The molecule has 0 bridgehead atoms. The van der Waals surface area contributed by atoms with Gasteiger partial charge in [0.25, 0.3) is 0 Å². The van der Waals surface area contributed by atoms with Crippen molar-refractivity contribution < 1.29 is 4.74 Å². The van der Waals surface area contributed by atoms with Gasteiger partial charge in [-0.1, -0.05) is 18.2 Å². The van der Waals surface area contributed by atoms with Crippen molar-refractivity contribution in [3.8, 4) is 11.4 Å². The number of fused-ring (bicyclic) bond motifs is 1. The summed E-state index contributed by atoms with van der Waals surface area (Å²) in [6.07, 6.45) is 0. The first-order chi connectivity index (χ1) is 10.2. The number of rotatable bonds is 3. The Morgan fingerprint density at radius 2 is 2.00 bits per heavy atom. The van der Waals surface area contributed by atoms with E-state index in [1.807, 2.05) is 18.2 Å². The number of aromatic nitrogens is 2. The monoisotopic (exact) mass is 300 g/mol. The van der Waals surface area contributed by atoms with E-state index in [0.717, 1.165) is 33.9 Å². The van der Waals surface area contributed by atoms with Crippen LogP contribution in [0.1, 0.15) is 17.0 Å². The minimum absolute atomic E-state index is 0.352. The van der Waals surface area contributed by atoms with E-state index in [2.05, 4.69) is 41.6 Å². The normalized spacial score (nSPS) is 11.0. The molecule has 0 unspecified atom stereocenters. The van der Waals surface area contributed by atoms with E-state index >= 15 is 0 Å². The zero-order valence-corrected chi connectivity index (χ0v) is 13.1. The van der Waals surface area contributed by atoms with Gasteiger partial charge in [0.1, 0.15) is 11.6 Å². The maximum Gasteiger partial charge on any atom is 0.142 e. The summed E-state index contributed by atoms with van der Waals surface area (Å²) in [5.74, 6) is 1.99. The fourth-order valence-corrected chi connectivity index (χ4v) is 2.80. The van der Waals surface area contributed by atoms with Gasteiger partial charge in [-0.15, -0.1) is 11.6 Å². The van der Waals surface area contributed by atoms with Crippen molar-refractivity contribution in [3.05, 3.63) is 53.3 Å². The molecule has 0 aliphatic heterocycles. The molecule has 0 amide bonds. The fraction of sp³-hybridized carbons (Fsp3) is 0.235. The van der Waals surface area contributed by atoms with Gasteiger partial charge in [0, 0.05) is 0 Å². The van der Waals surface area contributed by atoms with Gasteiger partial charge >= 0.3 is 0 Å². The van der Waals surface area contributed by atoms with Crippen molar-refractivity contribution in [2.45, 2.75) is 19.7 Å². The lowest BCUT2D eigenvalue weighted by atomic mass is 10.2. The molecule has 2 aromatic carbocycles. The second-order valence-corrected chi connectivity index (χ2v) is 5.38. The summed E-state index contributed by atoms with van der Waals surface area (Å²) in [7, 11) is 1.68. The number of ether oxygens (including phenoxy) is 1. The first-order valence-electron chi connectivity index (χ1n) is 6.83. The second-order valence-electron chi connectivity index (χ2n) is 5.12. The second kappa shape index (κ2) is 5.41. The Bertz CT molecular complexity index is 808. The van der Waals surface area contributed by atoms with Crippen LogP contribution in [-0.4, -0.2) is 16.7 Å². The smallest absolute Gasteiger partial charge is 0.142 e. The van der Waals surface area contributed by atoms with E-state index in [-0.39, 0.29) is 0 Å². The zero-order chi connectivity index (χ0) is 15.0. The van der Waals surface area contributed by atoms with Crippen LogP contribution in [0.2, 0.25) is 0 Å². The van der Waals surface area contributed by atoms with Gasteiger partial charge in [-0.3, -0.25) is 4.57 Å². The molecule has 0 N–H and O–H groups in total. The van der Waals surface area contributed by atoms with Crippen molar-refractivity contribution in [1.29, 1.82) is 0 Å². The predicted octanol–water partition coefficient (Wildman–Crippen LogP) is 4.39. The van der Waals surface area contributed by atoms with Crippen LogP contribution in [0.15, 0.2) is 36.4 Å². The topological polar surface area (TPSA) is 27.1 Å². The summed E-state index contributed by atoms with van der Waals surface area (Å²) in [6, 6.07) is 12.3. The summed E-state index contributed by atoms with van der Waals surface area (Å²) in [5, 5.41) is 0. The average molecular weight is 301 g/mol. The predicted molar refractivity (Wildman–Crippen MR) is 86.7 cm³/mol. The highest BCUT2D eigenvalue weighted by Gasteiger charge is 2.16. The molecule has 0 saturated heterocycles. The number of nitrogens with zero attached hydrogens (tertiary/aromatic N) is 2. The minimum Gasteiger partial charge on any atom is -0.495 e. The third-order valence-electron chi connectivity index (χ3n) is 3.65. The summed E-state index contributed by atoms with van der Waals surface area (Å²) < 4.78 is 7.60. The van der Waals surface area contributed by atoms with E-state index < -0.39 is 0 Å². The molecule has 3 rings (SSSR count). The Hall–Kier alpha value is -2.00. The zero-order valence-electron chi connectivity index (χ0n) is 12.4. The van der Waals surface area contributed by atoms with Crippen molar-refractivity contribution in [1.82, 2.24) is 9.55 Å². The van der Waals surface area contributed by atoms with E-state index in [4.69, 9.17) is 16.3 Å². The van der Waals surface area contributed by atoms with Gasteiger partial charge in [-0.05, 0) is 43.2 Å². The minimum atomic E-state index is 0.352. The van der Waals surface area contributed by atoms with E-state index in [1.54, 1.807) is 7.11 Å². The van der Waals surface area contributed by atoms with Gasteiger partial charge < -0.3 is 4.74 Å². The number of halogens is 1. The van der Waals surface area contributed by atoms with Crippen LogP contribution in [0, 0.1) is 13.8 Å². The van der Waals surface area contributed by atoms with Gasteiger partial charge in [0.05, 0.1) is 29.7 Å². The molecule has 1 heterocycles. The molecule has 0 atom stereocenters. The van der Waals surface area contributed by atoms with Crippen molar-refractivity contribution in [2.75, 3.05) is 7.11 Å². The molecule has 0 saturated carbocycles. The summed E-state index contributed by atoms with van der Waals surface area (Å²) >= 11 is 6.12. The molecule has 0 aliphatic rings. The van der Waals surface area contributed by atoms with Crippen molar-refractivity contribution in [3.63, 3.8) is 0 Å². The maximum absolute atomic E-state index is 6.12. The molecule has 21 heavy (non-hydrogen) atoms. The number of methoxy groups -OCH3 is 1. The number of aryl methyl sites for hydroxylation is 2. The van der Waals surface area contributed by atoms with Crippen LogP contribution in [0.4, 0.5) is 0 Å². The molecule has 3 aromatic rings. The number of para-hydroxylation sites is 1. The Morgan fingerprint density at radius 1 is 1.19 bits per heavy atom. The van der Waals surface area contributed by atoms with E-state index in [0.29, 0.717) is 5.88 Å². The van der Waals surface area contributed by atoms with Crippen molar-refractivity contribution in [2.24, 2.45) is 0 Å². The Morgan fingerprint density at radius 3 is 2.71 bits per heavy atom. The van der Waals surface area contributed by atoms with E-state index in [9.17, 15) is 0 Å². The number of hydrogen-bond donors (Lipinski definition) is 0. The highest BCUT2D eigenvalue weighted by atomic mass is 35.5. The van der Waals surface area contributed by atoms with Gasteiger partial charge in [0.15, 0.2) is 0 Å². The van der Waals surface area contributed by atoms with Gasteiger partial charge in [-0.25, -0.2) is 4.98 Å². The quantitative estimate of drug-likeness (QED) is 0.671. The first kappa shape index (κ1) is 14.0. The number of alkyl halides is 1. The lowest BCUT2D eigenvalue weighted by molar-refractivity contribution is 0.413. The first-order valence-corrected chi connectivity index (χ1v) is 7.37. The van der Waals surface area contributed by atoms with Crippen LogP contribution in [0.25, 0.3) is 16.7 Å². The van der Waals surface area contributed by atoms with Crippen LogP contribution < -0.4 is 4.74 Å². The highest BCUT2D eigenvalue weighted by molar-refractivity contribution is 6.17. The summed E-state index contributed by atoms with van der Waals surface area (Å²) in [5.41, 5.74) is 5.32. The van der Waals surface area contributed by atoms with Crippen LogP contribution in [-0.2, 0) is 5.88 Å². The molecule has 1 aromatic heterocycles. The highest BCUT2D eigenvalue weighted by Crippen LogP contribution is 2.30. The van der Waals surface area contributed by atoms with Crippen LogP contribution >= 0.6 is 11.6 Å². The largest absolute Gasteiger partial charge is 0.495 e. The SMILES string of the molecule is COc1ccc(C)cc1-n1c(CCl)nc2c(C)cccc21. The molecular weight excluding hydrogens is 284 g/mol. The number of benzene rings is 2. The van der Waals surface area contributed by atoms with Crippen LogP contribution in [0.3, 0.4) is 0 Å². The lowest BCUT2D eigenvalue weighted by Gasteiger charge is -2.13. The molecular formula is C17H17ClN2O. The van der Waals surface area contributed by atoms with Gasteiger partial charge in [0.2, 0.25) is 0 Å². The maximum atomic E-state index is 6.12. The van der Waals surface area contributed by atoms with Gasteiger partial charge in [-0.2, -0.15) is 0 Å². The molecule has 3 nitrogen and oxygen atoms in total. The summed E-state index contributed by atoms with van der Waals surface area (Å²) in [6.45, 7) is 4.12. The number of hydrogen-bond acceptors (Lipinski definition) is 2. The lowest BCUT2D eigenvalue weighted by Crippen LogP contribution is -2.02. The molecule has 0 radical (unpaired) electrons. The van der Waals surface area contributed by atoms with Crippen LogP contribution in [0.5, 0.6) is 5.75 Å². The Labute approximate surface area is 129 Å². The van der Waals surface area contributed by atoms with Crippen molar-refractivity contribution >= 4 is 22.6 Å².